The maximum absolute atomic E-state index is 12.9. The molecule has 0 bridgehead atoms. The van der Waals surface area contributed by atoms with E-state index < -0.39 is 0 Å². The Morgan fingerprint density at radius 2 is 2.05 bits per heavy atom. The summed E-state index contributed by atoms with van der Waals surface area (Å²) >= 11 is 0. The van der Waals surface area contributed by atoms with E-state index in [0.717, 1.165) is 23.2 Å². The predicted octanol–water partition coefficient (Wildman–Crippen LogP) is 1.76. The zero-order valence-corrected chi connectivity index (χ0v) is 10.3. The predicted molar refractivity (Wildman–Crippen MR) is 70.4 cm³/mol. The number of anilines is 1. The van der Waals surface area contributed by atoms with Gasteiger partial charge < -0.3 is 5.73 Å². The van der Waals surface area contributed by atoms with Crippen LogP contribution >= 0.6 is 0 Å². The first-order valence-electron chi connectivity index (χ1n) is 6.26. The average Bonchev–Trinajstić information content (AvgIpc) is 2.38. The number of hydrogen-bond acceptors (Lipinski definition) is 3. The largest absolute Gasteiger partial charge is 0.369 e. The van der Waals surface area contributed by atoms with Crippen LogP contribution in [0.5, 0.6) is 0 Å². The Kier molecular flexibility index (Phi) is 2.81. The van der Waals surface area contributed by atoms with Crippen molar-refractivity contribution in [1.82, 2.24) is 9.97 Å². The van der Waals surface area contributed by atoms with Crippen molar-refractivity contribution in [1.29, 1.82) is 0 Å². The van der Waals surface area contributed by atoms with Gasteiger partial charge in [0.1, 0.15) is 5.82 Å². The van der Waals surface area contributed by atoms with Crippen LogP contribution in [0.3, 0.4) is 0 Å². The van der Waals surface area contributed by atoms with Gasteiger partial charge in [-0.25, -0.2) is 9.37 Å². The smallest absolute Gasteiger partial charge is 0.255 e. The fraction of sp³-hybridized carbons (Fsp3) is 0.286. The molecular formula is C14H14FN3O. The van der Waals surface area contributed by atoms with Gasteiger partial charge in [-0.05, 0) is 42.9 Å². The molecule has 0 saturated heterocycles. The van der Waals surface area contributed by atoms with Crippen LogP contribution in [0.25, 0.3) is 0 Å². The van der Waals surface area contributed by atoms with Gasteiger partial charge in [0.2, 0.25) is 5.95 Å². The molecule has 3 N–H and O–H groups in total. The molecule has 1 unspecified atom stereocenters. The SMILES string of the molecule is Nc1nc2c(c(=O)[nH]1)CCC(c1ccc(F)cc1)C2. The first kappa shape index (κ1) is 11.9. The van der Waals surface area contributed by atoms with Crippen LogP contribution in [0.15, 0.2) is 29.1 Å². The summed E-state index contributed by atoms with van der Waals surface area (Å²) in [6.45, 7) is 0. The third kappa shape index (κ3) is 2.23. The molecule has 0 aliphatic heterocycles. The van der Waals surface area contributed by atoms with E-state index in [1.165, 1.54) is 12.1 Å². The van der Waals surface area contributed by atoms with Crippen LogP contribution in [0, 0.1) is 5.82 Å². The molecule has 0 spiro atoms. The van der Waals surface area contributed by atoms with Gasteiger partial charge in [-0.1, -0.05) is 12.1 Å². The molecule has 3 rings (SSSR count). The fourth-order valence-corrected chi connectivity index (χ4v) is 2.66. The summed E-state index contributed by atoms with van der Waals surface area (Å²) in [5.74, 6) is 0.184. The second-order valence-electron chi connectivity index (χ2n) is 4.87. The van der Waals surface area contributed by atoms with Crippen molar-refractivity contribution < 1.29 is 4.39 Å². The number of benzene rings is 1. The molecule has 2 aromatic rings. The second kappa shape index (κ2) is 4.50. The number of fused-ring (bicyclic) bond motifs is 1. The summed E-state index contributed by atoms with van der Waals surface area (Å²) in [7, 11) is 0. The zero-order valence-electron chi connectivity index (χ0n) is 10.3. The fourth-order valence-electron chi connectivity index (χ4n) is 2.66. The second-order valence-corrected chi connectivity index (χ2v) is 4.87. The number of H-pyrrole nitrogens is 1. The van der Waals surface area contributed by atoms with E-state index in [-0.39, 0.29) is 23.2 Å². The summed E-state index contributed by atoms with van der Waals surface area (Å²) < 4.78 is 12.9. The highest BCUT2D eigenvalue weighted by molar-refractivity contribution is 5.32. The molecule has 4 nitrogen and oxygen atoms in total. The maximum atomic E-state index is 12.9. The molecule has 0 fully saturated rings. The molecule has 1 heterocycles. The third-order valence-corrected chi connectivity index (χ3v) is 3.64. The molecule has 1 aromatic heterocycles. The van der Waals surface area contributed by atoms with Crippen LogP contribution in [0.4, 0.5) is 10.3 Å². The van der Waals surface area contributed by atoms with Crippen LogP contribution < -0.4 is 11.3 Å². The number of nitrogen functional groups attached to an aromatic ring is 1. The number of nitrogens with zero attached hydrogens (tertiary/aromatic N) is 1. The van der Waals surface area contributed by atoms with Crippen LogP contribution in [0.2, 0.25) is 0 Å². The lowest BCUT2D eigenvalue weighted by Crippen LogP contribution is -2.25. The summed E-state index contributed by atoms with van der Waals surface area (Å²) in [6.07, 6.45) is 2.22. The van der Waals surface area contributed by atoms with E-state index in [9.17, 15) is 9.18 Å². The Hall–Kier alpha value is -2.17. The van der Waals surface area contributed by atoms with Crippen molar-refractivity contribution in [2.75, 3.05) is 5.73 Å². The number of aromatic amines is 1. The van der Waals surface area contributed by atoms with Crippen LogP contribution in [-0.2, 0) is 12.8 Å². The van der Waals surface area contributed by atoms with E-state index in [1.54, 1.807) is 12.1 Å². The van der Waals surface area contributed by atoms with E-state index in [4.69, 9.17) is 5.73 Å². The zero-order chi connectivity index (χ0) is 13.4. The van der Waals surface area contributed by atoms with Crippen molar-refractivity contribution in [3.05, 3.63) is 57.3 Å². The molecule has 98 valence electrons. The minimum atomic E-state index is -0.237. The lowest BCUT2D eigenvalue weighted by Gasteiger charge is -2.23. The van der Waals surface area contributed by atoms with Crippen LogP contribution in [0.1, 0.15) is 29.2 Å². The van der Waals surface area contributed by atoms with Gasteiger partial charge in [-0.2, -0.15) is 0 Å². The van der Waals surface area contributed by atoms with Crippen molar-refractivity contribution in [2.45, 2.75) is 25.2 Å². The van der Waals surface area contributed by atoms with E-state index in [1.807, 2.05) is 0 Å². The molecule has 19 heavy (non-hydrogen) atoms. The highest BCUT2D eigenvalue weighted by atomic mass is 19.1. The quantitative estimate of drug-likeness (QED) is 0.819. The number of nitrogens with one attached hydrogen (secondary N) is 1. The normalized spacial score (nSPS) is 18.1. The first-order valence-corrected chi connectivity index (χ1v) is 6.26. The van der Waals surface area contributed by atoms with Gasteiger partial charge in [-0.15, -0.1) is 0 Å². The van der Waals surface area contributed by atoms with Crippen molar-refractivity contribution in [3.8, 4) is 0 Å². The molecule has 5 heteroatoms. The Bertz CT molecular complexity index is 663. The van der Waals surface area contributed by atoms with Gasteiger partial charge in [0, 0.05) is 5.56 Å². The van der Waals surface area contributed by atoms with Gasteiger partial charge in [0.05, 0.1) is 5.69 Å². The molecule has 1 aliphatic rings. The van der Waals surface area contributed by atoms with Crippen molar-refractivity contribution in [3.63, 3.8) is 0 Å². The topological polar surface area (TPSA) is 71.8 Å². The minimum absolute atomic E-state index is 0.139. The molecule has 0 radical (unpaired) electrons. The summed E-state index contributed by atoms with van der Waals surface area (Å²) in [5, 5.41) is 0. The molecule has 1 aromatic carbocycles. The monoisotopic (exact) mass is 259 g/mol. The van der Waals surface area contributed by atoms with Crippen LogP contribution in [-0.4, -0.2) is 9.97 Å². The molecule has 1 atom stereocenters. The van der Waals surface area contributed by atoms with Gasteiger partial charge in [-0.3, -0.25) is 9.78 Å². The highest BCUT2D eigenvalue weighted by Gasteiger charge is 2.23. The number of rotatable bonds is 1. The Morgan fingerprint density at radius 3 is 2.79 bits per heavy atom. The van der Waals surface area contributed by atoms with E-state index in [0.29, 0.717) is 12.8 Å². The van der Waals surface area contributed by atoms with E-state index >= 15 is 0 Å². The minimum Gasteiger partial charge on any atom is -0.369 e. The van der Waals surface area contributed by atoms with Gasteiger partial charge >= 0.3 is 0 Å². The third-order valence-electron chi connectivity index (χ3n) is 3.64. The Labute approximate surface area is 109 Å². The van der Waals surface area contributed by atoms with E-state index in [2.05, 4.69) is 9.97 Å². The Morgan fingerprint density at radius 1 is 1.32 bits per heavy atom. The number of nitrogens with two attached hydrogens (primary N) is 1. The summed E-state index contributed by atoms with van der Waals surface area (Å²) in [4.78, 5) is 18.5. The molecule has 0 saturated carbocycles. The maximum Gasteiger partial charge on any atom is 0.255 e. The standard InChI is InChI=1S/C14H14FN3O/c15-10-4-1-8(2-5-10)9-3-6-11-12(7-9)17-14(16)18-13(11)19/h1-2,4-5,9H,3,6-7H2,(H3,16,17,18,19). The van der Waals surface area contributed by atoms with Crippen molar-refractivity contribution >= 4 is 5.95 Å². The number of aromatic nitrogens is 2. The molecule has 1 aliphatic carbocycles. The number of hydrogen-bond donors (Lipinski definition) is 2. The van der Waals surface area contributed by atoms with Gasteiger partial charge in [0.15, 0.2) is 0 Å². The first-order chi connectivity index (χ1) is 9.13. The molecular weight excluding hydrogens is 245 g/mol. The van der Waals surface area contributed by atoms with Gasteiger partial charge in [0.25, 0.3) is 5.56 Å². The lowest BCUT2D eigenvalue weighted by molar-refractivity contribution is 0.564. The lowest BCUT2D eigenvalue weighted by atomic mass is 9.83. The highest BCUT2D eigenvalue weighted by Crippen LogP contribution is 2.30. The molecule has 0 amide bonds. The number of halogens is 1. The Balaban J connectivity index is 1.94. The summed E-state index contributed by atoms with van der Waals surface area (Å²) in [6, 6.07) is 6.51. The average molecular weight is 259 g/mol. The van der Waals surface area contributed by atoms with Crippen molar-refractivity contribution in [2.24, 2.45) is 0 Å². The summed E-state index contributed by atoms with van der Waals surface area (Å²) in [5.41, 5.74) is 8.00.